The smallest absolute Gasteiger partial charge is 0.243 e. The highest BCUT2D eigenvalue weighted by Gasteiger charge is 2.37. The minimum atomic E-state index is -3.86. The molecule has 1 aliphatic heterocycles. The number of alkyl halides is 1. The first-order valence-electron chi connectivity index (χ1n) is 14.8. The summed E-state index contributed by atoms with van der Waals surface area (Å²) >= 11 is 0. The molecule has 0 spiro atoms. The third-order valence-electron chi connectivity index (χ3n) is 8.74. The first-order valence-corrected chi connectivity index (χ1v) is 16.3. The van der Waals surface area contributed by atoms with Crippen molar-refractivity contribution < 1.29 is 26.0 Å². The van der Waals surface area contributed by atoms with Crippen LogP contribution >= 0.6 is 0 Å². The van der Waals surface area contributed by atoms with Gasteiger partial charge in [0, 0.05) is 31.5 Å². The second-order valence-electron chi connectivity index (χ2n) is 11.6. The number of rotatable bonds is 8. The molecule has 5 nitrogen and oxygen atoms in total. The van der Waals surface area contributed by atoms with E-state index in [1.807, 2.05) is 13.8 Å². The topological polar surface area (TPSA) is 70.6 Å². The first kappa shape index (κ1) is 32.2. The summed E-state index contributed by atoms with van der Waals surface area (Å²) < 4.78 is 80.0. The van der Waals surface area contributed by atoms with Crippen molar-refractivity contribution in [3.05, 3.63) is 76.6 Å². The predicted octanol–water partition coefficient (Wildman–Crippen LogP) is 6.99. The van der Waals surface area contributed by atoms with E-state index in [2.05, 4.69) is 10.0 Å². The largest absolute Gasteiger partial charge is 0.370 e. The standard InChI is InChI=1S/C26H30F3N3O2S.C6H11F/c27-21-3-1-2-4-25(21)35(33,34)31-15-17-7-5-16(6-8-17)14-30-26-13-20-19-12-23(29)22(28)11-18(19)9-10-24(20)32-26;1-3-6(2)4-5-7/h1-4,11-12,16-17,20,24,31H,5-10,13-15H2,(H,30,32);4H,3,5H2,1-2H3/b;6-4+. The zero-order chi connectivity index (χ0) is 30.3. The molecule has 1 heterocycles. The average molecular weight is 608 g/mol. The Kier molecular flexibility index (Phi) is 11.2. The highest BCUT2D eigenvalue weighted by atomic mass is 32.2. The number of amidine groups is 1. The second-order valence-corrected chi connectivity index (χ2v) is 13.3. The van der Waals surface area contributed by atoms with Gasteiger partial charge in [0.05, 0.1) is 5.84 Å². The Hall–Kier alpha value is -2.72. The molecule has 0 amide bonds. The van der Waals surface area contributed by atoms with Crippen LogP contribution in [0.2, 0.25) is 0 Å². The summed E-state index contributed by atoms with van der Waals surface area (Å²) in [4.78, 5) is 4.51. The average Bonchev–Trinajstić information content (AvgIpc) is 3.41. The predicted molar refractivity (Wildman–Crippen MR) is 158 cm³/mol. The van der Waals surface area contributed by atoms with Gasteiger partial charge in [-0.3, -0.25) is 4.99 Å². The molecule has 2 aliphatic carbocycles. The highest BCUT2D eigenvalue weighted by Crippen LogP contribution is 2.39. The van der Waals surface area contributed by atoms with Crippen LogP contribution in [0.3, 0.4) is 0 Å². The summed E-state index contributed by atoms with van der Waals surface area (Å²) in [5.41, 5.74) is 2.93. The summed E-state index contributed by atoms with van der Waals surface area (Å²) in [5.74, 6) is -0.586. The molecule has 0 bridgehead atoms. The van der Waals surface area contributed by atoms with Crippen LogP contribution < -0.4 is 10.0 Å². The Labute approximate surface area is 247 Å². The van der Waals surface area contributed by atoms with Crippen LogP contribution in [-0.2, 0) is 16.4 Å². The van der Waals surface area contributed by atoms with Crippen LogP contribution in [0.5, 0.6) is 0 Å². The fourth-order valence-corrected chi connectivity index (χ4v) is 7.21. The van der Waals surface area contributed by atoms with Crippen LogP contribution in [0, 0.1) is 29.3 Å². The summed E-state index contributed by atoms with van der Waals surface area (Å²) in [6.07, 6.45) is 8.61. The van der Waals surface area contributed by atoms with Gasteiger partial charge in [-0.1, -0.05) is 30.7 Å². The van der Waals surface area contributed by atoms with Crippen molar-refractivity contribution in [1.29, 1.82) is 0 Å². The molecular weight excluding hydrogens is 566 g/mol. The number of halogens is 4. The molecule has 2 atom stereocenters. The number of hydrogen-bond donors (Lipinski definition) is 2. The zero-order valence-electron chi connectivity index (χ0n) is 24.3. The lowest BCUT2D eigenvalue weighted by Crippen LogP contribution is -2.33. The number of allylic oxidation sites excluding steroid dienone is 2. The van der Waals surface area contributed by atoms with Gasteiger partial charge in [0.2, 0.25) is 10.0 Å². The number of hydrogen-bond acceptors (Lipinski definition) is 3. The van der Waals surface area contributed by atoms with E-state index in [1.54, 1.807) is 6.08 Å². The maximum Gasteiger partial charge on any atom is 0.243 e. The normalized spacial score (nSPS) is 24.8. The Bertz CT molecular complexity index is 1390. The molecule has 5 rings (SSSR count). The van der Waals surface area contributed by atoms with Crippen molar-refractivity contribution >= 4 is 15.9 Å². The minimum Gasteiger partial charge on any atom is -0.370 e. The van der Waals surface area contributed by atoms with E-state index in [0.717, 1.165) is 80.0 Å². The molecule has 2 fully saturated rings. The van der Waals surface area contributed by atoms with Crippen molar-refractivity contribution in [2.45, 2.75) is 82.1 Å². The van der Waals surface area contributed by atoms with Gasteiger partial charge >= 0.3 is 0 Å². The van der Waals surface area contributed by atoms with Gasteiger partial charge in [-0.25, -0.2) is 30.7 Å². The molecule has 0 aromatic heterocycles. The number of sulfonamides is 1. The van der Waals surface area contributed by atoms with Gasteiger partial charge in [0.25, 0.3) is 0 Å². The number of nitrogens with zero attached hydrogens (tertiary/aromatic N) is 1. The van der Waals surface area contributed by atoms with Gasteiger partial charge < -0.3 is 5.32 Å². The lowest BCUT2D eigenvalue weighted by Gasteiger charge is -2.28. The number of aliphatic imine (C=N–C) groups is 1. The summed E-state index contributed by atoms with van der Waals surface area (Å²) in [7, 11) is -3.86. The van der Waals surface area contributed by atoms with Crippen LogP contribution in [-0.4, -0.2) is 40.1 Å². The van der Waals surface area contributed by atoms with Gasteiger partial charge in [-0.15, -0.1) is 0 Å². The van der Waals surface area contributed by atoms with E-state index >= 15 is 0 Å². The van der Waals surface area contributed by atoms with Gasteiger partial charge in [0.1, 0.15) is 17.4 Å². The van der Waals surface area contributed by atoms with E-state index in [4.69, 9.17) is 4.99 Å². The van der Waals surface area contributed by atoms with Crippen molar-refractivity contribution in [2.75, 3.05) is 19.8 Å². The maximum atomic E-state index is 13.9. The van der Waals surface area contributed by atoms with Crippen LogP contribution in [0.25, 0.3) is 0 Å². The molecule has 0 radical (unpaired) electrons. The quantitative estimate of drug-likeness (QED) is 0.251. The fourth-order valence-electron chi connectivity index (χ4n) is 6.01. The molecule has 10 heteroatoms. The van der Waals surface area contributed by atoms with Crippen LogP contribution in [0.15, 0.2) is 57.9 Å². The van der Waals surface area contributed by atoms with Gasteiger partial charge in [-0.05, 0) is 99.1 Å². The van der Waals surface area contributed by atoms with Crippen molar-refractivity contribution in [2.24, 2.45) is 16.8 Å². The molecule has 2 unspecified atom stereocenters. The van der Waals surface area contributed by atoms with Crippen molar-refractivity contribution in [1.82, 2.24) is 10.0 Å². The lowest BCUT2D eigenvalue weighted by molar-refractivity contribution is 0.280. The molecule has 2 N–H and O–H groups in total. The van der Waals surface area contributed by atoms with Crippen LogP contribution in [0.4, 0.5) is 17.6 Å². The van der Waals surface area contributed by atoms with E-state index in [1.165, 1.54) is 30.3 Å². The first-order chi connectivity index (χ1) is 20.1. The molecule has 1 saturated carbocycles. The lowest BCUT2D eigenvalue weighted by atomic mass is 9.79. The van der Waals surface area contributed by atoms with Gasteiger partial charge in [0.15, 0.2) is 11.6 Å². The summed E-state index contributed by atoms with van der Waals surface area (Å²) in [6, 6.07) is 8.30. The SMILES string of the molecule is CC/C(C)=C/CF.O=S(=O)(NCC1CCC(CN=C2CC3c4cc(F)c(F)cc4CCC3N2)CC1)c1ccccc1F. The van der Waals surface area contributed by atoms with Crippen molar-refractivity contribution in [3.8, 4) is 0 Å². The van der Waals surface area contributed by atoms with Gasteiger partial charge in [-0.2, -0.15) is 0 Å². The summed E-state index contributed by atoms with van der Waals surface area (Å²) in [6.45, 7) is 4.64. The van der Waals surface area contributed by atoms with E-state index in [0.29, 0.717) is 19.0 Å². The Morgan fingerprint density at radius 3 is 2.38 bits per heavy atom. The van der Waals surface area contributed by atoms with E-state index in [-0.39, 0.29) is 29.4 Å². The number of nitrogens with one attached hydrogen (secondary N) is 2. The second kappa shape index (κ2) is 14.6. The molecule has 42 heavy (non-hydrogen) atoms. The Morgan fingerprint density at radius 1 is 1.02 bits per heavy atom. The fraction of sp³-hybridized carbons (Fsp3) is 0.531. The molecule has 2 aromatic carbocycles. The third kappa shape index (κ3) is 8.22. The zero-order valence-corrected chi connectivity index (χ0v) is 25.1. The van der Waals surface area contributed by atoms with Crippen molar-refractivity contribution in [3.63, 3.8) is 0 Å². The summed E-state index contributed by atoms with van der Waals surface area (Å²) in [5, 5.41) is 3.50. The minimum absolute atomic E-state index is 0.130. The number of fused-ring (bicyclic) bond motifs is 3. The number of aryl methyl sites for hydroxylation is 1. The molecule has 3 aliphatic rings. The maximum absolute atomic E-state index is 13.9. The molecule has 230 valence electrons. The number of benzene rings is 2. The molecule has 1 saturated heterocycles. The Morgan fingerprint density at radius 2 is 1.71 bits per heavy atom. The highest BCUT2D eigenvalue weighted by molar-refractivity contribution is 7.89. The van der Waals surface area contributed by atoms with Crippen LogP contribution in [0.1, 0.15) is 75.8 Å². The van der Waals surface area contributed by atoms with E-state index in [9.17, 15) is 26.0 Å². The Balaban J connectivity index is 0.000000517. The molecular formula is C32H41F4N3O2S. The van der Waals surface area contributed by atoms with E-state index < -0.39 is 27.5 Å². The monoisotopic (exact) mass is 607 g/mol. The molecule has 2 aromatic rings. The third-order valence-corrected chi connectivity index (χ3v) is 10.2.